The van der Waals surface area contributed by atoms with E-state index in [1.54, 1.807) is 19.2 Å². The van der Waals surface area contributed by atoms with Crippen LogP contribution in [0, 0.1) is 0 Å². The molecular formula is C18H19Cl2N3O3S. The first kappa shape index (κ1) is 19.9. The Morgan fingerprint density at radius 3 is 2.15 bits per heavy atom. The number of hydrogen-bond donors (Lipinski definition) is 1. The molecule has 9 heteroatoms. The van der Waals surface area contributed by atoms with Gasteiger partial charge in [-0.3, -0.25) is 4.79 Å². The van der Waals surface area contributed by atoms with Gasteiger partial charge in [-0.2, -0.15) is 4.31 Å². The van der Waals surface area contributed by atoms with Crippen molar-refractivity contribution in [3.05, 3.63) is 58.1 Å². The fraction of sp³-hybridized carbons (Fsp3) is 0.278. The molecule has 1 aliphatic rings. The van der Waals surface area contributed by atoms with Crippen molar-refractivity contribution in [1.82, 2.24) is 9.62 Å². The van der Waals surface area contributed by atoms with E-state index in [0.29, 0.717) is 36.8 Å². The molecule has 0 unspecified atom stereocenters. The van der Waals surface area contributed by atoms with Crippen molar-refractivity contribution in [3.8, 4) is 0 Å². The summed E-state index contributed by atoms with van der Waals surface area (Å²) >= 11 is 11.8. The number of nitrogens with one attached hydrogen (secondary N) is 1. The van der Waals surface area contributed by atoms with Gasteiger partial charge in [0.1, 0.15) is 0 Å². The van der Waals surface area contributed by atoms with Gasteiger partial charge >= 0.3 is 0 Å². The van der Waals surface area contributed by atoms with E-state index in [9.17, 15) is 13.2 Å². The molecule has 0 saturated carbocycles. The Labute approximate surface area is 168 Å². The molecule has 0 spiro atoms. The number of hydrogen-bond acceptors (Lipinski definition) is 4. The number of sulfonamides is 1. The summed E-state index contributed by atoms with van der Waals surface area (Å²) in [6.07, 6.45) is 0. The minimum Gasteiger partial charge on any atom is -0.369 e. The fourth-order valence-electron chi connectivity index (χ4n) is 2.94. The molecule has 0 bridgehead atoms. The van der Waals surface area contributed by atoms with Gasteiger partial charge < -0.3 is 10.2 Å². The molecule has 144 valence electrons. The highest BCUT2D eigenvalue weighted by atomic mass is 35.5. The number of halogens is 2. The molecule has 0 radical (unpaired) electrons. The first-order chi connectivity index (χ1) is 12.8. The van der Waals surface area contributed by atoms with E-state index >= 15 is 0 Å². The lowest BCUT2D eigenvalue weighted by Gasteiger charge is -2.35. The summed E-state index contributed by atoms with van der Waals surface area (Å²) in [6.45, 7) is 1.83. The third-order valence-corrected chi connectivity index (χ3v) is 7.12. The summed E-state index contributed by atoms with van der Waals surface area (Å²) < 4.78 is 27.1. The van der Waals surface area contributed by atoms with Crippen LogP contribution in [0.1, 0.15) is 10.4 Å². The maximum Gasteiger partial charge on any atom is 0.251 e. The third-order valence-electron chi connectivity index (χ3n) is 4.49. The third kappa shape index (κ3) is 4.21. The van der Waals surface area contributed by atoms with Crippen molar-refractivity contribution < 1.29 is 13.2 Å². The molecule has 1 fully saturated rings. The Hall–Kier alpha value is -1.80. The topological polar surface area (TPSA) is 69.7 Å². The summed E-state index contributed by atoms with van der Waals surface area (Å²) in [7, 11) is -2.03. The standard InChI is InChI=1S/C18H19Cl2N3O3S/c1-21-18(24)13-2-4-14(5-3-13)22-8-10-23(11-9-22)27(25,26)15-6-7-16(19)17(20)12-15/h2-7,12H,8-11H2,1H3,(H,21,24). The molecule has 2 aromatic rings. The van der Waals surface area contributed by atoms with E-state index in [4.69, 9.17) is 23.2 Å². The van der Waals surface area contributed by atoms with Gasteiger partial charge in [0, 0.05) is 44.5 Å². The van der Waals surface area contributed by atoms with Gasteiger partial charge in [0.2, 0.25) is 10.0 Å². The summed E-state index contributed by atoms with van der Waals surface area (Å²) in [5.41, 5.74) is 1.54. The molecule has 27 heavy (non-hydrogen) atoms. The van der Waals surface area contributed by atoms with Gasteiger partial charge in [0.05, 0.1) is 14.9 Å². The first-order valence-corrected chi connectivity index (χ1v) is 10.5. The number of carbonyl (C=O) groups is 1. The Morgan fingerprint density at radius 2 is 1.59 bits per heavy atom. The molecule has 1 heterocycles. The van der Waals surface area contributed by atoms with Crippen molar-refractivity contribution in [1.29, 1.82) is 0 Å². The van der Waals surface area contributed by atoms with E-state index in [1.165, 1.54) is 22.5 Å². The zero-order chi connectivity index (χ0) is 19.6. The second-order valence-corrected chi connectivity index (χ2v) is 8.85. The average molecular weight is 428 g/mol. The Bertz CT molecular complexity index is 941. The lowest BCUT2D eigenvalue weighted by Crippen LogP contribution is -2.48. The molecule has 0 aromatic heterocycles. The number of amides is 1. The first-order valence-electron chi connectivity index (χ1n) is 8.35. The molecule has 2 aromatic carbocycles. The quantitative estimate of drug-likeness (QED) is 0.813. The number of piperazine rings is 1. The Morgan fingerprint density at radius 1 is 0.963 bits per heavy atom. The van der Waals surface area contributed by atoms with E-state index < -0.39 is 10.0 Å². The van der Waals surface area contributed by atoms with Gasteiger partial charge in [-0.1, -0.05) is 23.2 Å². The molecule has 1 amide bonds. The van der Waals surface area contributed by atoms with Crippen LogP contribution in [-0.2, 0) is 10.0 Å². The van der Waals surface area contributed by atoms with Crippen LogP contribution in [0.15, 0.2) is 47.4 Å². The van der Waals surface area contributed by atoms with Crippen LogP contribution in [0.5, 0.6) is 0 Å². The van der Waals surface area contributed by atoms with Crippen LogP contribution in [-0.4, -0.2) is 51.9 Å². The SMILES string of the molecule is CNC(=O)c1ccc(N2CCN(S(=O)(=O)c3ccc(Cl)c(Cl)c3)CC2)cc1. The smallest absolute Gasteiger partial charge is 0.251 e. The number of carbonyl (C=O) groups excluding carboxylic acids is 1. The van der Waals surface area contributed by atoms with Crippen molar-refractivity contribution in [3.63, 3.8) is 0 Å². The van der Waals surface area contributed by atoms with Crippen LogP contribution in [0.25, 0.3) is 0 Å². The second kappa shape index (κ2) is 8.06. The number of rotatable bonds is 4. The van der Waals surface area contributed by atoms with Gasteiger partial charge in [-0.05, 0) is 42.5 Å². The number of anilines is 1. The van der Waals surface area contributed by atoms with Crippen LogP contribution in [0.2, 0.25) is 10.0 Å². The number of benzene rings is 2. The van der Waals surface area contributed by atoms with Crippen LogP contribution >= 0.6 is 23.2 Å². The highest BCUT2D eigenvalue weighted by Gasteiger charge is 2.29. The van der Waals surface area contributed by atoms with Crippen molar-refractivity contribution in [2.45, 2.75) is 4.90 Å². The highest BCUT2D eigenvalue weighted by Crippen LogP contribution is 2.27. The molecule has 1 N–H and O–H groups in total. The van der Waals surface area contributed by atoms with Crippen molar-refractivity contribution in [2.24, 2.45) is 0 Å². The molecule has 0 aliphatic carbocycles. The van der Waals surface area contributed by atoms with Crippen LogP contribution in [0.3, 0.4) is 0 Å². The highest BCUT2D eigenvalue weighted by molar-refractivity contribution is 7.89. The molecule has 1 aliphatic heterocycles. The normalized spacial score (nSPS) is 15.6. The summed E-state index contributed by atoms with van der Waals surface area (Å²) in [5.74, 6) is -0.140. The maximum absolute atomic E-state index is 12.8. The average Bonchev–Trinajstić information content (AvgIpc) is 2.69. The van der Waals surface area contributed by atoms with Gasteiger partial charge in [-0.15, -0.1) is 0 Å². The van der Waals surface area contributed by atoms with Crippen LogP contribution in [0.4, 0.5) is 5.69 Å². The predicted molar refractivity (Wildman–Crippen MR) is 107 cm³/mol. The molecule has 6 nitrogen and oxygen atoms in total. The van der Waals surface area contributed by atoms with Gasteiger partial charge in [0.15, 0.2) is 0 Å². The zero-order valence-corrected chi connectivity index (χ0v) is 17.0. The second-order valence-electron chi connectivity index (χ2n) is 6.09. The minimum absolute atomic E-state index is 0.139. The number of nitrogens with zero attached hydrogens (tertiary/aromatic N) is 2. The van der Waals surface area contributed by atoms with E-state index in [0.717, 1.165) is 5.69 Å². The van der Waals surface area contributed by atoms with Crippen LogP contribution < -0.4 is 10.2 Å². The molecule has 1 saturated heterocycles. The van der Waals surface area contributed by atoms with E-state index in [2.05, 4.69) is 10.2 Å². The van der Waals surface area contributed by atoms with Crippen molar-refractivity contribution >= 4 is 44.8 Å². The molecule has 3 rings (SSSR count). The lowest BCUT2D eigenvalue weighted by atomic mass is 10.1. The predicted octanol–water partition coefficient (Wildman–Crippen LogP) is 2.86. The van der Waals surface area contributed by atoms with Gasteiger partial charge in [-0.25, -0.2) is 8.42 Å². The lowest BCUT2D eigenvalue weighted by molar-refractivity contribution is 0.0963. The summed E-state index contributed by atoms with van der Waals surface area (Å²) in [6, 6.07) is 11.6. The molecule has 0 atom stereocenters. The monoisotopic (exact) mass is 427 g/mol. The zero-order valence-electron chi connectivity index (χ0n) is 14.7. The summed E-state index contributed by atoms with van der Waals surface area (Å²) in [5, 5.41) is 3.12. The Balaban J connectivity index is 1.69. The fourth-order valence-corrected chi connectivity index (χ4v) is 4.75. The molecular weight excluding hydrogens is 409 g/mol. The summed E-state index contributed by atoms with van der Waals surface area (Å²) in [4.78, 5) is 13.8. The van der Waals surface area contributed by atoms with Crippen molar-refractivity contribution in [2.75, 3.05) is 38.1 Å². The minimum atomic E-state index is -3.62. The maximum atomic E-state index is 12.8. The van der Waals surface area contributed by atoms with E-state index in [1.807, 2.05) is 12.1 Å². The van der Waals surface area contributed by atoms with E-state index in [-0.39, 0.29) is 15.8 Å². The largest absolute Gasteiger partial charge is 0.369 e. The van der Waals surface area contributed by atoms with Gasteiger partial charge in [0.25, 0.3) is 5.91 Å². The Kier molecular flexibility index (Phi) is 5.95.